The molecule has 3 aromatic rings. The molecule has 0 saturated heterocycles. The van der Waals surface area contributed by atoms with Crippen LogP contribution in [-0.2, 0) is 22.4 Å². The van der Waals surface area contributed by atoms with Crippen molar-refractivity contribution in [3.63, 3.8) is 0 Å². The molecule has 1 aliphatic rings. The molecule has 0 fully saturated rings. The van der Waals surface area contributed by atoms with E-state index in [4.69, 9.17) is 4.74 Å². The molecule has 0 radical (unpaired) electrons. The van der Waals surface area contributed by atoms with Gasteiger partial charge in [-0.05, 0) is 42.5 Å². The van der Waals surface area contributed by atoms with Crippen molar-refractivity contribution >= 4 is 28.7 Å². The molecule has 1 aliphatic heterocycles. The van der Waals surface area contributed by atoms with Gasteiger partial charge in [-0.3, -0.25) is 4.79 Å². The van der Waals surface area contributed by atoms with Gasteiger partial charge in [0.1, 0.15) is 0 Å². The average molecular weight is 392 g/mol. The summed E-state index contributed by atoms with van der Waals surface area (Å²) in [6, 6.07) is 11.8. The SMILES string of the molecule is COC(=O)c1ccc(C(=O)N2CCc3[nH]c4ccc(C(=O)OC)cc4c3C2)cc1. The van der Waals surface area contributed by atoms with Crippen molar-refractivity contribution in [2.75, 3.05) is 20.8 Å². The van der Waals surface area contributed by atoms with Crippen LogP contribution in [0.25, 0.3) is 10.9 Å². The lowest BCUT2D eigenvalue weighted by Crippen LogP contribution is -2.35. The number of ether oxygens (including phenoxy) is 2. The minimum absolute atomic E-state index is 0.106. The van der Waals surface area contributed by atoms with Gasteiger partial charge < -0.3 is 19.4 Å². The van der Waals surface area contributed by atoms with E-state index < -0.39 is 11.9 Å². The van der Waals surface area contributed by atoms with E-state index in [2.05, 4.69) is 9.72 Å². The van der Waals surface area contributed by atoms with Crippen LogP contribution in [0.1, 0.15) is 42.3 Å². The first kappa shape index (κ1) is 18.7. The lowest BCUT2D eigenvalue weighted by molar-refractivity contribution is 0.0592. The zero-order valence-electron chi connectivity index (χ0n) is 16.2. The molecular weight excluding hydrogens is 372 g/mol. The number of nitrogens with zero attached hydrogens (tertiary/aromatic N) is 1. The molecule has 0 spiro atoms. The summed E-state index contributed by atoms with van der Waals surface area (Å²) in [6.07, 6.45) is 0.698. The zero-order valence-corrected chi connectivity index (χ0v) is 16.2. The van der Waals surface area contributed by atoms with Crippen LogP contribution in [0, 0.1) is 0 Å². The van der Waals surface area contributed by atoms with Gasteiger partial charge in [0.05, 0.1) is 25.3 Å². The number of fused-ring (bicyclic) bond motifs is 3. The molecule has 0 bridgehead atoms. The molecule has 0 unspecified atom stereocenters. The maximum atomic E-state index is 13.0. The van der Waals surface area contributed by atoms with Crippen LogP contribution < -0.4 is 0 Å². The number of H-pyrrole nitrogens is 1. The van der Waals surface area contributed by atoms with E-state index in [0.717, 1.165) is 22.2 Å². The van der Waals surface area contributed by atoms with Crippen molar-refractivity contribution in [2.24, 2.45) is 0 Å². The van der Waals surface area contributed by atoms with Gasteiger partial charge in [0.2, 0.25) is 0 Å². The van der Waals surface area contributed by atoms with E-state index >= 15 is 0 Å². The lowest BCUT2D eigenvalue weighted by Gasteiger charge is -2.27. The van der Waals surface area contributed by atoms with Gasteiger partial charge in [0, 0.05) is 47.2 Å². The van der Waals surface area contributed by atoms with Gasteiger partial charge in [0.25, 0.3) is 5.91 Å². The maximum Gasteiger partial charge on any atom is 0.337 e. The predicted molar refractivity (Wildman–Crippen MR) is 106 cm³/mol. The minimum Gasteiger partial charge on any atom is -0.465 e. The molecule has 0 aliphatic carbocycles. The summed E-state index contributed by atoms with van der Waals surface area (Å²) in [5.41, 5.74) is 4.40. The van der Waals surface area contributed by atoms with Crippen molar-refractivity contribution in [3.05, 3.63) is 70.4 Å². The van der Waals surface area contributed by atoms with Crippen LogP contribution in [0.4, 0.5) is 0 Å². The zero-order chi connectivity index (χ0) is 20.5. The first-order chi connectivity index (χ1) is 14.0. The maximum absolute atomic E-state index is 13.0. The highest BCUT2D eigenvalue weighted by Gasteiger charge is 2.25. The quantitative estimate of drug-likeness (QED) is 0.693. The summed E-state index contributed by atoms with van der Waals surface area (Å²) < 4.78 is 9.50. The topological polar surface area (TPSA) is 88.7 Å². The Kier molecular flexibility index (Phi) is 4.80. The van der Waals surface area contributed by atoms with Gasteiger partial charge in [-0.25, -0.2) is 9.59 Å². The molecule has 1 aromatic heterocycles. The normalized spacial score (nSPS) is 13.1. The number of hydrogen-bond donors (Lipinski definition) is 1. The van der Waals surface area contributed by atoms with Crippen molar-refractivity contribution < 1.29 is 23.9 Å². The molecular formula is C22H20N2O5. The third-order valence-electron chi connectivity index (χ3n) is 5.24. The molecule has 0 saturated carbocycles. The molecule has 148 valence electrons. The van der Waals surface area contributed by atoms with Crippen LogP contribution in [0.5, 0.6) is 0 Å². The second-order valence-electron chi connectivity index (χ2n) is 6.88. The van der Waals surface area contributed by atoms with Crippen molar-refractivity contribution in [3.8, 4) is 0 Å². The first-order valence-corrected chi connectivity index (χ1v) is 9.21. The van der Waals surface area contributed by atoms with Crippen molar-refractivity contribution in [1.29, 1.82) is 0 Å². The Hall–Kier alpha value is -3.61. The van der Waals surface area contributed by atoms with Crippen LogP contribution in [0.2, 0.25) is 0 Å². The van der Waals surface area contributed by atoms with Crippen LogP contribution >= 0.6 is 0 Å². The molecule has 7 nitrogen and oxygen atoms in total. The molecule has 0 atom stereocenters. The third-order valence-corrected chi connectivity index (χ3v) is 5.24. The summed E-state index contributed by atoms with van der Waals surface area (Å²) in [5, 5.41) is 0.918. The Bertz CT molecular complexity index is 1110. The predicted octanol–water partition coefficient (Wildman–Crippen LogP) is 2.94. The van der Waals surface area contributed by atoms with E-state index in [1.807, 2.05) is 6.07 Å². The lowest BCUT2D eigenvalue weighted by atomic mass is 10.0. The Labute approximate surface area is 167 Å². The van der Waals surface area contributed by atoms with E-state index in [9.17, 15) is 14.4 Å². The summed E-state index contributed by atoms with van der Waals surface area (Å²) in [7, 11) is 2.67. The molecule has 7 heteroatoms. The molecule has 29 heavy (non-hydrogen) atoms. The number of carbonyl (C=O) groups is 3. The van der Waals surface area contributed by atoms with Crippen LogP contribution in [-0.4, -0.2) is 48.5 Å². The van der Waals surface area contributed by atoms with Gasteiger partial charge in [-0.15, -0.1) is 0 Å². The van der Waals surface area contributed by atoms with Gasteiger partial charge in [-0.1, -0.05) is 0 Å². The minimum atomic E-state index is -0.438. The van der Waals surface area contributed by atoms with E-state index in [1.54, 1.807) is 41.3 Å². The van der Waals surface area contributed by atoms with E-state index in [-0.39, 0.29) is 5.91 Å². The second kappa shape index (κ2) is 7.43. The summed E-state index contributed by atoms with van der Waals surface area (Å²) in [5.74, 6) is -0.936. The number of esters is 2. The second-order valence-corrected chi connectivity index (χ2v) is 6.88. The highest BCUT2D eigenvalue weighted by molar-refractivity contribution is 5.98. The fourth-order valence-electron chi connectivity index (χ4n) is 3.68. The highest BCUT2D eigenvalue weighted by Crippen LogP contribution is 2.29. The summed E-state index contributed by atoms with van der Waals surface area (Å²) >= 11 is 0. The fourth-order valence-corrected chi connectivity index (χ4v) is 3.68. The highest BCUT2D eigenvalue weighted by atomic mass is 16.5. The standard InChI is InChI=1S/C22H20N2O5/c1-28-21(26)14-5-3-13(4-6-14)20(25)24-10-9-19-17(12-24)16-11-15(22(27)29-2)7-8-18(16)23-19/h3-8,11,23H,9-10,12H2,1-2H3. The monoisotopic (exact) mass is 392 g/mol. The molecule has 2 heterocycles. The number of aromatic amines is 1. The molecule has 4 rings (SSSR count). The number of carbonyl (C=O) groups excluding carboxylic acids is 3. The van der Waals surface area contributed by atoms with E-state index in [0.29, 0.717) is 36.2 Å². The number of aromatic nitrogens is 1. The Balaban J connectivity index is 1.61. The average Bonchev–Trinajstić information content (AvgIpc) is 3.14. The Morgan fingerprint density at radius 3 is 2.21 bits per heavy atom. The number of hydrogen-bond acceptors (Lipinski definition) is 5. The van der Waals surface area contributed by atoms with E-state index in [1.165, 1.54) is 14.2 Å². The van der Waals surface area contributed by atoms with Gasteiger partial charge in [-0.2, -0.15) is 0 Å². The smallest absolute Gasteiger partial charge is 0.337 e. The molecule has 1 amide bonds. The van der Waals surface area contributed by atoms with Gasteiger partial charge in [0.15, 0.2) is 0 Å². The number of nitrogens with one attached hydrogen (secondary N) is 1. The largest absolute Gasteiger partial charge is 0.465 e. The number of rotatable bonds is 3. The third kappa shape index (κ3) is 3.35. The Morgan fingerprint density at radius 1 is 0.897 bits per heavy atom. The number of amides is 1. The molecule has 2 aromatic carbocycles. The molecule has 1 N–H and O–H groups in total. The number of benzene rings is 2. The summed E-state index contributed by atoms with van der Waals surface area (Å²) in [4.78, 5) is 41.6. The first-order valence-electron chi connectivity index (χ1n) is 9.21. The van der Waals surface area contributed by atoms with Crippen LogP contribution in [0.15, 0.2) is 42.5 Å². The van der Waals surface area contributed by atoms with Gasteiger partial charge >= 0.3 is 11.9 Å². The van der Waals surface area contributed by atoms with Crippen molar-refractivity contribution in [2.45, 2.75) is 13.0 Å². The van der Waals surface area contributed by atoms with Crippen LogP contribution in [0.3, 0.4) is 0 Å². The summed E-state index contributed by atoms with van der Waals surface area (Å²) in [6.45, 7) is 1.03. The van der Waals surface area contributed by atoms with Crippen molar-refractivity contribution in [1.82, 2.24) is 9.88 Å². The Morgan fingerprint density at radius 2 is 1.52 bits per heavy atom. The number of methoxy groups -OCH3 is 2. The fraction of sp³-hybridized carbons (Fsp3) is 0.227.